The monoisotopic (exact) mass is 198 g/mol. The van der Waals surface area contributed by atoms with Crippen LogP contribution in [0.3, 0.4) is 0 Å². The Balaban J connectivity index is 3.46. The molecule has 0 atom stereocenters. The average Bonchev–Trinajstić information content (AvgIpc) is 2.06. The Morgan fingerprint density at radius 3 is 2.29 bits per heavy atom. The van der Waals surface area contributed by atoms with Crippen molar-refractivity contribution in [1.82, 2.24) is 0 Å². The van der Waals surface area contributed by atoms with Crippen molar-refractivity contribution < 1.29 is 14.2 Å². The smallest absolute Gasteiger partial charge is 0.133 e. The molecule has 1 aromatic carbocycles. The molecule has 3 heteroatoms. The van der Waals surface area contributed by atoms with Crippen molar-refractivity contribution in [3.05, 3.63) is 29.1 Å². The van der Waals surface area contributed by atoms with E-state index < -0.39 is 11.4 Å². The van der Waals surface area contributed by atoms with Gasteiger partial charge in [-0.25, -0.2) is 4.39 Å². The van der Waals surface area contributed by atoms with Crippen LogP contribution in [0.2, 0.25) is 0 Å². The van der Waals surface area contributed by atoms with E-state index in [0.29, 0.717) is 5.75 Å². The van der Waals surface area contributed by atoms with Crippen molar-refractivity contribution in [2.45, 2.75) is 26.4 Å². The van der Waals surface area contributed by atoms with Crippen molar-refractivity contribution in [3.63, 3.8) is 0 Å². The molecule has 0 aliphatic heterocycles. The van der Waals surface area contributed by atoms with Gasteiger partial charge in [-0.1, -0.05) is 6.07 Å². The van der Waals surface area contributed by atoms with E-state index in [1.807, 2.05) is 6.92 Å². The summed E-state index contributed by atoms with van der Waals surface area (Å²) in [6, 6.07) is 2.97. The fraction of sp³-hybridized carbons (Fsp3) is 0.455. The topological polar surface area (TPSA) is 29.5 Å². The number of aryl methyl sites for hydroxylation is 1. The van der Waals surface area contributed by atoms with Crippen molar-refractivity contribution >= 4 is 0 Å². The predicted octanol–water partition coefficient (Wildman–Crippen LogP) is 2.37. The van der Waals surface area contributed by atoms with E-state index in [2.05, 4.69) is 0 Å². The highest BCUT2D eigenvalue weighted by molar-refractivity contribution is 5.44. The molecule has 0 unspecified atom stereocenters. The zero-order chi connectivity index (χ0) is 10.9. The molecule has 0 saturated heterocycles. The van der Waals surface area contributed by atoms with Gasteiger partial charge in [-0.2, -0.15) is 0 Å². The van der Waals surface area contributed by atoms with Gasteiger partial charge in [0.1, 0.15) is 11.6 Å². The molecule has 0 aliphatic rings. The maximum Gasteiger partial charge on any atom is 0.133 e. The highest BCUT2D eigenvalue weighted by atomic mass is 19.1. The van der Waals surface area contributed by atoms with E-state index >= 15 is 0 Å². The van der Waals surface area contributed by atoms with Gasteiger partial charge in [0, 0.05) is 0 Å². The Morgan fingerprint density at radius 1 is 1.36 bits per heavy atom. The van der Waals surface area contributed by atoms with Gasteiger partial charge in [-0.15, -0.1) is 0 Å². The molecular weight excluding hydrogens is 183 g/mol. The van der Waals surface area contributed by atoms with Crippen LogP contribution in [0.15, 0.2) is 12.1 Å². The minimum Gasteiger partial charge on any atom is -0.496 e. The molecule has 0 amide bonds. The molecule has 1 N–H and O–H groups in total. The number of rotatable bonds is 2. The number of halogens is 1. The van der Waals surface area contributed by atoms with E-state index in [1.165, 1.54) is 27.0 Å². The third-order valence-electron chi connectivity index (χ3n) is 2.12. The predicted molar refractivity (Wildman–Crippen MR) is 52.9 cm³/mol. The van der Waals surface area contributed by atoms with Crippen molar-refractivity contribution in [2.24, 2.45) is 0 Å². The number of hydrogen-bond donors (Lipinski definition) is 1. The molecule has 78 valence electrons. The number of hydrogen-bond acceptors (Lipinski definition) is 2. The largest absolute Gasteiger partial charge is 0.496 e. The van der Waals surface area contributed by atoms with Gasteiger partial charge < -0.3 is 9.84 Å². The van der Waals surface area contributed by atoms with Gasteiger partial charge in [-0.05, 0) is 32.4 Å². The first-order valence-corrected chi connectivity index (χ1v) is 4.44. The second-order valence-corrected chi connectivity index (χ2v) is 3.83. The molecule has 14 heavy (non-hydrogen) atoms. The van der Waals surface area contributed by atoms with Crippen molar-refractivity contribution in [2.75, 3.05) is 7.11 Å². The zero-order valence-electron chi connectivity index (χ0n) is 8.89. The van der Waals surface area contributed by atoms with Crippen LogP contribution in [0.25, 0.3) is 0 Å². The van der Waals surface area contributed by atoms with Crippen LogP contribution >= 0.6 is 0 Å². The zero-order valence-corrected chi connectivity index (χ0v) is 8.89. The lowest BCUT2D eigenvalue weighted by Crippen LogP contribution is -2.19. The third-order valence-corrected chi connectivity index (χ3v) is 2.12. The third kappa shape index (κ3) is 1.87. The minimum absolute atomic E-state index is 0.208. The van der Waals surface area contributed by atoms with Crippen LogP contribution in [0.5, 0.6) is 5.75 Å². The number of aliphatic hydroxyl groups is 1. The number of benzene rings is 1. The van der Waals surface area contributed by atoms with Crippen LogP contribution in [0.4, 0.5) is 4.39 Å². The standard InChI is InChI=1S/C11H15FO2/c1-7-5-6-8(12)9(10(7)14-4)11(2,3)13/h5-6,13H,1-4H3. The Bertz CT molecular complexity index is 340. The van der Waals surface area contributed by atoms with E-state index in [4.69, 9.17) is 4.74 Å². The molecule has 0 saturated carbocycles. The summed E-state index contributed by atoms with van der Waals surface area (Å²) in [5.41, 5.74) is -0.215. The maximum absolute atomic E-state index is 13.5. The fourth-order valence-corrected chi connectivity index (χ4v) is 1.50. The second-order valence-electron chi connectivity index (χ2n) is 3.83. The Labute approximate surface area is 83.3 Å². The first kappa shape index (κ1) is 11.0. The summed E-state index contributed by atoms with van der Waals surface area (Å²) < 4.78 is 18.6. The molecule has 0 spiro atoms. The Morgan fingerprint density at radius 2 is 1.93 bits per heavy atom. The summed E-state index contributed by atoms with van der Waals surface area (Å²) in [5.74, 6) is -0.0301. The minimum atomic E-state index is -1.23. The molecule has 2 nitrogen and oxygen atoms in total. The molecule has 0 bridgehead atoms. The summed E-state index contributed by atoms with van der Waals surface area (Å²) >= 11 is 0. The van der Waals surface area contributed by atoms with Crippen LogP contribution in [-0.4, -0.2) is 12.2 Å². The lowest BCUT2D eigenvalue weighted by Gasteiger charge is -2.22. The normalized spacial score (nSPS) is 11.6. The van der Waals surface area contributed by atoms with Gasteiger partial charge in [-0.3, -0.25) is 0 Å². The summed E-state index contributed by atoms with van der Waals surface area (Å²) in [4.78, 5) is 0. The SMILES string of the molecule is COc1c(C)ccc(F)c1C(C)(C)O. The highest BCUT2D eigenvalue weighted by Crippen LogP contribution is 2.34. The van der Waals surface area contributed by atoms with Crippen molar-refractivity contribution in [1.29, 1.82) is 0 Å². The van der Waals surface area contributed by atoms with Gasteiger partial charge in [0.25, 0.3) is 0 Å². The Hall–Kier alpha value is -1.09. The summed E-state index contributed by atoms with van der Waals surface area (Å²) in [6.45, 7) is 4.88. The molecule has 0 aromatic heterocycles. The van der Waals surface area contributed by atoms with E-state index in [9.17, 15) is 9.50 Å². The lowest BCUT2D eigenvalue weighted by molar-refractivity contribution is 0.0713. The highest BCUT2D eigenvalue weighted by Gasteiger charge is 2.26. The van der Waals surface area contributed by atoms with E-state index in [1.54, 1.807) is 6.07 Å². The molecule has 0 heterocycles. The summed E-state index contributed by atoms with van der Waals surface area (Å²) in [7, 11) is 1.47. The second kappa shape index (κ2) is 3.58. The fourth-order valence-electron chi connectivity index (χ4n) is 1.50. The molecule has 1 rings (SSSR count). The summed E-state index contributed by atoms with van der Waals surface area (Å²) in [6.07, 6.45) is 0. The quantitative estimate of drug-likeness (QED) is 0.790. The van der Waals surface area contributed by atoms with Crippen LogP contribution < -0.4 is 4.74 Å². The molecule has 1 aromatic rings. The number of methoxy groups -OCH3 is 1. The van der Waals surface area contributed by atoms with Crippen LogP contribution in [0.1, 0.15) is 25.0 Å². The molecular formula is C11H15FO2. The molecule has 0 aliphatic carbocycles. The molecule has 0 fully saturated rings. The number of ether oxygens (including phenoxy) is 1. The van der Waals surface area contributed by atoms with Gasteiger partial charge >= 0.3 is 0 Å². The van der Waals surface area contributed by atoms with Crippen molar-refractivity contribution in [3.8, 4) is 5.75 Å². The van der Waals surface area contributed by atoms with Gasteiger partial charge in [0.05, 0.1) is 18.3 Å². The lowest BCUT2D eigenvalue weighted by atomic mass is 9.94. The Kier molecular flexibility index (Phi) is 2.81. The van der Waals surface area contributed by atoms with Gasteiger partial charge in [0.15, 0.2) is 0 Å². The van der Waals surface area contributed by atoms with Gasteiger partial charge in [0.2, 0.25) is 0 Å². The molecule has 0 radical (unpaired) electrons. The summed E-state index contributed by atoms with van der Waals surface area (Å²) in [5, 5.41) is 9.79. The average molecular weight is 198 g/mol. The first-order chi connectivity index (χ1) is 6.38. The first-order valence-electron chi connectivity index (χ1n) is 4.44. The van der Waals surface area contributed by atoms with E-state index in [0.717, 1.165) is 5.56 Å². The maximum atomic E-state index is 13.5. The van der Waals surface area contributed by atoms with E-state index in [-0.39, 0.29) is 5.56 Å². The van der Waals surface area contributed by atoms with Crippen LogP contribution in [-0.2, 0) is 5.60 Å². The van der Waals surface area contributed by atoms with Crippen LogP contribution in [0, 0.1) is 12.7 Å².